The van der Waals surface area contributed by atoms with Gasteiger partial charge in [-0.1, -0.05) is 400 Å². The van der Waals surface area contributed by atoms with Crippen LogP contribution >= 0.6 is 0 Å². The van der Waals surface area contributed by atoms with Crippen molar-refractivity contribution in [3.05, 3.63) is 510 Å². The molecule has 5 nitrogen and oxygen atoms in total. The Morgan fingerprint density at radius 2 is 0.363 bits per heavy atom. The van der Waals surface area contributed by atoms with Gasteiger partial charge in [-0.25, -0.2) is 0 Å². The maximum Gasteiger partial charge on any atom is 0.0487 e. The van der Waals surface area contributed by atoms with Crippen molar-refractivity contribution in [1.29, 1.82) is 0 Å². The fourth-order valence-corrected chi connectivity index (χ4v) is 16.0. The van der Waals surface area contributed by atoms with E-state index in [4.69, 9.17) is 0 Å². The first-order valence-electron chi connectivity index (χ1n) is 42.3. The Bertz CT molecular complexity index is 6690. The molecular formula is C119H99N5. The summed E-state index contributed by atoms with van der Waals surface area (Å²) in [4.78, 5) is 11.2. The first-order valence-corrected chi connectivity index (χ1v) is 42.3. The largest absolute Gasteiger partial charge is 0.345 e. The molecule has 0 unspecified atom stereocenters. The predicted octanol–water partition coefficient (Wildman–Crippen LogP) is 32.4. The van der Waals surface area contributed by atoms with Crippen LogP contribution in [0.2, 0.25) is 0 Å². The van der Waals surface area contributed by atoms with Gasteiger partial charge < -0.3 is 24.5 Å². The van der Waals surface area contributed by atoms with Crippen molar-refractivity contribution in [2.75, 3.05) is 59.7 Å². The Morgan fingerprint density at radius 3 is 0.806 bits per heavy atom. The maximum atomic E-state index is 2.28. The summed E-state index contributed by atoms with van der Waals surface area (Å²) in [7, 11) is 10.6. The van der Waals surface area contributed by atoms with Gasteiger partial charge in [0.25, 0.3) is 0 Å². The van der Waals surface area contributed by atoms with Crippen LogP contribution in [0.25, 0.3) is 110 Å². The standard InChI is InChI=1S/2C25H21N.3C23H19N/c1-26(24-18-10-8-16-22(24)20-12-4-2-5-13-20)25-19-11-9-17-23(25)21-14-6-3-7-15-21;1-26(23-16-10-15-22(19-23)20-11-4-2-5-12-20)25-18-9-8-17-24(25)21-13-6-3-7-14-21;1-24(20-12-3-2-4-13-20)21-14-7-11-19(17-21)23-16-8-10-18-9-5-6-15-22(18)23;1-24(20-10-3-2-4-11-20)21-16-14-19(15-17-21)23-13-7-9-18-8-5-6-12-22(18)23;1-24(22-9-3-2-4-10-22)23-15-13-19(14-16-23)21-12-11-18-7-5-6-8-20(18)17-21/h2*2-19H,1H3;3*2-17H,1H3. The predicted molar refractivity (Wildman–Crippen MR) is 535 cm³/mol. The molecule has 0 heterocycles. The summed E-state index contributed by atoms with van der Waals surface area (Å²) < 4.78 is 0. The normalized spacial score (nSPS) is 10.6. The molecule has 20 aromatic rings. The van der Waals surface area contributed by atoms with Gasteiger partial charge in [0.15, 0.2) is 0 Å². The van der Waals surface area contributed by atoms with Crippen LogP contribution in [0, 0.1) is 0 Å². The lowest BCUT2D eigenvalue weighted by atomic mass is 9.98. The van der Waals surface area contributed by atoms with Gasteiger partial charge >= 0.3 is 0 Å². The third-order valence-corrected chi connectivity index (χ3v) is 22.8. The third-order valence-electron chi connectivity index (χ3n) is 22.8. The highest BCUT2D eigenvalue weighted by molar-refractivity contribution is 5.99. The molecular weight excluding hydrogens is 1500 g/mol. The lowest BCUT2D eigenvalue weighted by Gasteiger charge is -2.25. The van der Waals surface area contributed by atoms with E-state index in [2.05, 4.69) is 551 Å². The zero-order valence-corrected chi connectivity index (χ0v) is 70.7. The van der Waals surface area contributed by atoms with E-state index < -0.39 is 0 Å². The van der Waals surface area contributed by atoms with Crippen molar-refractivity contribution in [1.82, 2.24) is 0 Å². The number of fused-ring (bicyclic) bond motifs is 3. The van der Waals surface area contributed by atoms with Crippen LogP contribution in [0.15, 0.2) is 510 Å². The van der Waals surface area contributed by atoms with Gasteiger partial charge in [-0.05, 0) is 203 Å². The van der Waals surface area contributed by atoms with Crippen molar-refractivity contribution < 1.29 is 0 Å². The molecule has 0 fully saturated rings. The molecule has 0 N–H and O–H groups in total. The van der Waals surface area contributed by atoms with Gasteiger partial charge in [-0.3, -0.25) is 0 Å². The maximum absolute atomic E-state index is 2.28. The number of anilines is 10. The van der Waals surface area contributed by atoms with Crippen LogP contribution in [0.4, 0.5) is 56.9 Å². The van der Waals surface area contributed by atoms with Crippen molar-refractivity contribution in [2.24, 2.45) is 0 Å². The lowest BCUT2D eigenvalue weighted by molar-refractivity contribution is 1.21. The second-order valence-corrected chi connectivity index (χ2v) is 30.6. The minimum atomic E-state index is 1.18. The van der Waals surface area contributed by atoms with Crippen LogP contribution in [0.3, 0.4) is 0 Å². The van der Waals surface area contributed by atoms with Crippen LogP contribution < -0.4 is 24.5 Å². The Labute approximate surface area is 731 Å². The van der Waals surface area contributed by atoms with E-state index in [0.29, 0.717) is 0 Å². The number of hydrogen-bond acceptors (Lipinski definition) is 5. The quantitative estimate of drug-likeness (QED) is 0.0900. The molecule has 124 heavy (non-hydrogen) atoms. The van der Waals surface area contributed by atoms with E-state index in [1.54, 1.807) is 0 Å². The lowest BCUT2D eigenvalue weighted by Crippen LogP contribution is -2.11. The highest BCUT2D eigenvalue weighted by Crippen LogP contribution is 2.42. The number of rotatable bonds is 17. The van der Waals surface area contributed by atoms with Crippen LogP contribution in [-0.2, 0) is 0 Å². The third kappa shape index (κ3) is 19.9. The minimum absolute atomic E-state index is 1.18. The van der Waals surface area contributed by atoms with Gasteiger partial charge in [0.2, 0.25) is 0 Å². The number of hydrogen-bond donors (Lipinski definition) is 0. The fraction of sp³-hybridized carbons (Fsp3) is 0.0420. The second kappa shape index (κ2) is 40.3. The van der Waals surface area contributed by atoms with E-state index in [0.717, 1.165) is 0 Å². The highest BCUT2D eigenvalue weighted by Gasteiger charge is 2.17. The number of para-hydroxylation sites is 6. The molecule has 0 radical (unpaired) electrons. The highest BCUT2D eigenvalue weighted by atomic mass is 15.1. The topological polar surface area (TPSA) is 16.2 Å². The summed E-state index contributed by atoms with van der Waals surface area (Å²) in [6, 6.07) is 179. The molecule has 0 amide bonds. The van der Waals surface area contributed by atoms with Gasteiger partial charge in [0, 0.05) is 109 Å². The van der Waals surface area contributed by atoms with E-state index >= 15 is 0 Å². The number of benzene rings is 20. The van der Waals surface area contributed by atoms with E-state index in [9.17, 15) is 0 Å². The number of nitrogens with zero attached hydrogens (tertiary/aromatic N) is 5. The van der Waals surface area contributed by atoms with Gasteiger partial charge in [0.1, 0.15) is 0 Å². The Morgan fingerprint density at radius 1 is 0.121 bits per heavy atom. The van der Waals surface area contributed by atoms with Crippen LogP contribution in [-0.4, -0.2) is 35.2 Å². The molecule has 0 saturated heterocycles. The molecule has 0 bridgehead atoms. The molecule has 0 atom stereocenters. The second-order valence-electron chi connectivity index (χ2n) is 30.6. The minimum Gasteiger partial charge on any atom is -0.345 e. The first-order chi connectivity index (χ1) is 61.1. The zero-order valence-electron chi connectivity index (χ0n) is 70.7. The summed E-state index contributed by atoms with van der Waals surface area (Å²) in [5, 5.41) is 7.70. The molecule has 20 rings (SSSR count). The van der Waals surface area contributed by atoms with E-state index in [1.165, 1.54) is 167 Å². The summed E-state index contributed by atoms with van der Waals surface area (Å²) >= 11 is 0. The molecule has 0 spiro atoms. The van der Waals surface area contributed by atoms with Crippen molar-refractivity contribution >= 4 is 89.2 Å². The Balaban J connectivity index is 0.000000115. The van der Waals surface area contributed by atoms with Gasteiger partial charge in [0.05, 0.1) is 0 Å². The van der Waals surface area contributed by atoms with Crippen molar-refractivity contribution in [2.45, 2.75) is 0 Å². The van der Waals surface area contributed by atoms with Crippen LogP contribution in [0.5, 0.6) is 0 Å². The Hall–Kier alpha value is -15.8. The summed E-state index contributed by atoms with van der Waals surface area (Å²) in [6.07, 6.45) is 0. The SMILES string of the molecule is CN(c1cccc(-c2ccccc2)c1)c1ccccc1-c1ccccc1.CN(c1ccccc1)c1ccc(-c2ccc3ccccc3c2)cc1.CN(c1ccccc1)c1ccc(-c2cccc3ccccc23)cc1.CN(c1ccccc1)c1cccc(-c2cccc3ccccc23)c1.CN(c1ccccc1-c1ccccc1)c1ccccc1-c1ccccc1. The average Bonchev–Trinajstić information content (AvgIpc) is 0.809. The average molecular weight is 1600 g/mol. The smallest absolute Gasteiger partial charge is 0.0487 e. The summed E-state index contributed by atoms with van der Waals surface area (Å²) in [5.41, 5.74) is 29.3. The van der Waals surface area contributed by atoms with Gasteiger partial charge in [-0.15, -0.1) is 0 Å². The summed E-state index contributed by atoms with van der Waals surface area (Å²) in [5.74, 6) is 0. The summed E-state index contributed by atoms with van der Waals surface area (Å²) in [6.45, 7) is 0. The zero-order chi connectivity index (χ0) is 84.6. The molecule has 0 aromatic heterocycles. The molecule has 0 aliphatic carbocycles. The first kappa shape index (κ1) is 81.9. The molecule has 5 heteroatoms. The monoisotopic (exact) mass is 1600 g/mol. The van der Waals surface area contributed by atoms with Crippen molar-refractivity contribution in [3.63, 3.8) is 0 Å². The van der Waals surface area contributed by atoms with E-state index in [1.807, 2.05) is 18.2 Å². The van der Waals surface area contributed by atoms with Crippen LogP contribution in [0.1, 0.15) is 0 Å². The fourth-order valence-electron chi connectivity index (χ4n) is 16.0. The van der Waals surface area contributed by atoms with Gasteiger partial charge in [-0.2, -0.15) is 0 Å². The Kier molecular flexibility index (Phi) is 26.6. The molecule has 20 aromatic carbocycles. The molecule has 0 aliphatic rings. The van der Waals surface area contributed by atoms with Crippen molar-refractivity contribution in [3.8, 4) is 77.9 Å². The molecule has 0 saturated carbocycles. The molecule has 600 valence electrons. The van der Waals surface area contributed by atoms with E-state index in [-0.39, 0.29) is 0 Å². The molecule has 0 aliphatic heterocycles.